The predicted molar refractivity (Wildman–Crippen MR) is 64.0 cm³/mol. The molecule has 0 aromatic heterocycles. The molecule has 1 aromatic rings. The van der Waals surface area contributed by atoms with E-state index < -0.39 is 0 Å². The Labute approximate surface area is 97.0 Å². The maximum Gasteiger partial charge on any atom is 0.122 e. The summed E-state index contributed by atoms with van der Waals surface area (Å²) in [4.78, 5) is 0. The molecule has 0 heterocycles. The molecule has 0 radical (unpaired) electrons. The molecule has 4 heteroatoms. The van der Waals surface area contributed by atoms with Gasteiger partial charge in [-0.25, -0.2) is 0 Å². The standard InChI is InChI=1S/C11H17NO2.ClH/c1-11(2,12)8-5-9(13-3)7-10(6-8)14-4;/h5-7H,12H2,1-4H3;1H. The monoisotopic (exact) mass is 231 g/mol. The number of hydrogen-bond acceptors (Lipinski definition) is 3. The lowest BCUT2D eigenvalue weighted by Gasteiger charge is -2.20. The van der Waals surface area contributed by atoms with Gasteiger partial charge in [0.2, 0.25) is 0 Å². The van der Waals surface area contributed by atoms with Crippen LogP contribution in [-0.2, 0) is 5.54 Å². The number of halogens is 1. The molecule has 0 amide bonds. The quantitative estimate of drug-likeness (QED) is 0.869. The fraction of sp³-hybridized carbons (Fsp3) is 0.455. The van der Waals surface area contributed by atoms with E-state index in [4.69, 9.17) is 15.2 Å². The maximum atomic E-state index is 5.99. The Morgan fingerprint density at radius 1 is 1.00 bits per heavy atom. The van der Waals surface area contributed by atoms with Gasteiger partial charge in [-0.3, -0.25) is 0 Å². The molecule has 0 bridgehead atoms. The van der Waals surface area contributed by atoms with Crippen molar-refractivity contribution in [2.24, 2.45) is 5.73 Å². The fourth-order valence-corrected chi connectivity index (χ4v) is 1.18. The van der Waals surface area contributed by atoms with E-state index in [-0.39, 0.29) is 17.9 Å². The molecule has 86 valence electrons. The number of rotatable bonds is 3. The summed E-state index contributed by atoms with van der Waals surface area (Å²) >= 11 is 0. The summed E-state index contributed by atoms with van der Waals surface area (Å²) in [5.41, 5.74) is 6.60. The molecule has 1 aromatic carbocycles. The highest BCUT2D eigenvalue weighted by Crippen LogP contribution is 2.27. The third kappa shape index (κ3) is 3.61. The van der Waals surface area contributed by atoms with Gasteiger partial charge in [-0.15, -0.1) is 12.4 Å². The van der Waals surface area contributed by atoms with E-state index in [0.29, 0.717) is 0 Å². The Balaban J connectivity index is 0.00000196. The van der Waals surface area contributed by atoms with Crippen LogP contribution in [0.3, 0.4) is 0 Å². The zero-order valence-corrected chi connectivity index (χ0v) is 10.4. The summed E-state index contributed by atoms with van der Waals surface area (Å²) in [7, 11) is 3.25. The Hall–Kier alpha value is -0.930. The second-order valence-corrected chi connectivity index (χ2v) is 3.82. The summed E-state index contributed by atoms with van der Waals surface area (Å²) in [6.07, 6.45) is 0. The molecule has 0 aliphatic carbocycles. The highest BCUT2D eigenvalue weighted by Gasteiger charge is 2.16. The molecular formula is C11H18ClNO2. The highest BCUT2D eigenvalue weighted by molar-refractivity contribution is 5.85. The average Bonchev–Trinajstić information content (AvgIpc) is 2.15. The summed E-state index contributed by atoms with van der Waals surface area (Å²) < 4.78 is 10.3. The minimum atomic E-state index is -0.387. The van der Waals surface area contributed by atoms with Gasteiger partial charge in [0.05, 0.1) is 14.2 Å². The second kappa shape index (κ2) is 5.24. The summed E-state index contributed by atoms with van der Waals surface area (Å²) in [6, 6.07) is 5.67. The molecule has 0 saturated carbocycles. The largest absolute Gasteiger partial charge is 0.497 e. The molecule has 0 unspecified atom stereocenters. The lowest BCUT2D eigenvalue weighted by atomic mass is 9.95. The van der Waals surface area contributed by atoms with E-state index >= 15 is 0 Å². The van der Waals surface area contributed by atoms with E-state index in [2.05, 4.69) is 0 Å². The van der Waals surface area contributed by atoms with Gasteiger partial charge in [0, 0.05) is 11.6 Å². The molecule has 0 saturated heterocycles. The maximum absolute atomic E-state index is 5.99. The van der Waals surface area contributed by atoms with Crippen molar-refractivity contribution in [1.82, 2.24) is 0 Å². The summed E-state index contributed by atoms with van der Waals surface area (Å²) in [5, 5.41) is 0. The second-order valence-electron chi connectivity index (χ2n) is 3.82. The van der Waals surface area contributed by atoms with E-state index in [1.165, 1.54) is 0 Å². The first kappa shape index (κ1) is 14.1. The zero-order chi connectivity index (χ0) is 10.8. The third-order valence-electron chi connectivity index (χ3n) is 2.10. The van der Waals surface area contributed by atoms with Crippen molar-refractivity contribution in [3.63, 3.8) is 0 Å². The topological polar surface area (TPSA) is 44.5 Å². The lowest BCUT2D eigenvalue weighted by Crippen LogP contribution is -2.28. The van der Waals surface area contributed by atoms with E-state index in [0.717, 1.165) is 17.1 Å². The number of methoxy groups -OCH3 is 2. The molecule has 15 heavy (non-hydrogen) atoms. The van der Waals surface area contributed by atoms with Crippen molar-refractivity contribution in [2.75, 3.05) is 14.2 Å². The first-order valence-electron chi connectivity index (χ1n) is 4.50. The normalized spacial score (nSPS) is 10.5. The first-order chi connectivity index (χ1) is 6.47. The van der Waals surface area contributed by atoms with Crippen LogP contribution < -0.4 is 15.2 Å². The van der Waals surface area contributed by atoms with Crippen LogP contribution in [0.15, 0.2) is 18.2 Å². The third-order valence-corrected chi connectivity index (χ3v) is 2.10. The van der Waals surface area contributed by atoms with Crippen molar-refractivity contribution in [1.29, 1.82) is 0 Å². The van der Waals surface area contributed by atoms with Gasteiger partial charge in [0.1, 0.15) is 11.5 Å². The van der Waals surface area contributed by atoms with Gasteiger partial charge in [0.25, 0.3) is 0 Å². The Kier molecular flexibility index (Phi) is 4.91. The SMILES string of the molecule is COc1cc(OC)cc(C(C)(C)N)c1.Cl. The van der Waals surface area contributed by atoms with Crippen molar-refractivity contribution in [2.45, 2.75) is 19.4 Å². The van der Waals surface area contributed by atoms with Crippen LogP contribution in [0.25, 0.3) is 0 Å². The minimum absolute atomic E-state index is 0. The summed E-state index contributed by atoms with van der Waals surface area (Å²) in [6.45, 7) is 3.89. The van der Waals surface area contributed by atoms with Crippen LogP contribution in [-0.4, -0.2) is 14.2 Å². The fourth-order valence-electron chi connectivity index (χ4n) is 1.18. The van der Waals surface area contributed by atoms with Crippen LogP contribution in [0.4, 0.5) is 0 Å². The van der Waals surface area contributed by atoms with Crippen molar-refractivity contribution < 1.29 is 9.47 Å². The van der Waals surface area contributed by atoms with Crippen LogP contribution in [0, 0.1) is 0 Å². The molecule has 0 fully saturated rings. The Bertz CT molecular complexity index is 299. The number of hydrogen-bond donors (Lipinski definition) is 1. The molecule has 0 spiro atoms. The van der Waals surface area contributed by atoms with Gasteiger partial charge < -0.3 is 15.2 Å². The van der Waals surface area contributed by atoms with Crippen LogP contribution in [0.1, 0.15) is 19.4 Å². The van der Waals surface area contributed by atoms with Gasteiger partial charge in [-0.2, -0.15) is 0 Å². The van der Waals surface area contributed by atoms with Gasteiger partial charge in [-0.1, -0.05) is 0 Å². The Morgan fingerprint density at radius 2 is 1.40 bits per heavy atom. The Morgan fingerprint density at radius 3 is 1.67 bits per heavy atom. The van der Waals surface area contributed by atoms with Crippen molar-refractivity contribution in [3.05, 3.63) is 23.8 Å². The minimum Gasteiger partial charge on any atom is -0.497 e. The van der Waals surface area contributed by atoms with Crippen molar-refractivity contribution >= 4 is 12.4 Å². The predicted octanol–water partition coefficient (Wildman–Crippen LogP) is 2.32. The van der Waals surface area contributed by atoms with E-state index in [1.54, 1.807) is 14.2 Å². The highest BCUT2D eigenvalue weighted by atomic mass is 35.5. The molecular weight excluding hydrogens is 214 g/mol. The molecule has 0 aliphatic rings. The molecule has 0 atom stereocenters. The van der Waals surface area contributed by atoms with E-state index in [1.807, 2.05) is 32.0 Å². The summed E-state index contributed by atoms with van der Waals surface area (Å²) in [5.74, 6) is 1.52. The molecule has 2 N–H and O–H groups in total. The smallest absolute Gasteiger partial charge is 0.122 e. The molecule has 1 rings (SSSR count). The lowest BCUT2D eigenvalue weighted by molar-refractivity contribution is 0.390. The molecule has 0 aliphatic heterocycles. The van der Waals surface area contributed by atoms with E-state index in [9.17, 15) is 0 Å². The zero-order valence-electron chi connectivity index (χ0n) is 9.53. The van der Waals surface area contributed by atoms with Crippen LogP contribution in [0.5, 0.6) is 11.5 Å². The average molecular weight is 232 g/mol. The molecule has 3 nitrogen and oxygen atoms in total. The van der Waals surface area contributed by atoms with Crippen LogP contribution >= 0.6 is 12.4 Å². The van der Waals surface area contributed by atoms with Gasteiger partial charge in [0.15, 0.2) is 0 Å². The number of ether oxygens (including phenoxy) is 2. The number of benzene rings is 1. The first-order valence-corrected chi connectivity index (χ1v) is 4.50. The number of nitrogens with two attached hydrogens (primary N) is 1. The van der Waals surface area contributed by atoms with Crippen LogP contribution in [0.2, 0.25) is 0 Å². The van der Waals surface area contributed by atoms with Crippen molar-refractivity contribution in [3.8, 4) is 11.5 Å². The van der Waals surface area contributed by atoms with Gasteiger partial charge >= 0.3 is 0 Å². The van der Waals surface area contributed by atoms with Gasteiger partial charge in [-0.05, 0) is 31.5 Å².